The summed E-state index contributed by atoms with van der Waals surface area (Å²) in [6.45, 7) is 4.61. The van der Waals surface area contributed by atoms with Crippen LogP contribution in [0.3, 0.4) is 0 Å². The summed E-state index contributed by atoms with van der Waals surface area (Å²) in [7, 11) is -0.0534. The van der Waals surface area contributed by atoms with Crippen LogP contribution in [0, 0.1) is 0 Å². The van der Waals surface area contributed by atoms with E-state index in [0.717, 1.165) is 5.54 Å². The van der Waals surface area contributed by atoms with Crippen LogP contribution in [-0.2, 0) is 0 Å². The summed E-state index contributed by atoms with van der Waals surface area (Å²) in [5.74, 6) is 0. The smallest absolute Gasteiger partial charge is 0.0578 e. The van der Waals surface area contributed by atoms with Crippen molar-refractivity contribution in [3.8, 4) is 0 Å². The average molecular weight is 263 g/mol. The van der Waals surface area contributed by atoms with Gasteiger partial charge in [0.1, 0.15) is 0 Å². The van der Waals surface area contributed by atoms with E-state index in [1.807, 2.05) is 0 Å². The zero-order valence-electron chi connectivity index (χ0n) is 12.3. The fourth-order valence-electron chi connectivity index (χ4n) is 2.66. The molecule has 0 aliphatic rings. The summed E-state index contributed by atoms with van der Waals surface area (Å²) in [4.78, 5) is 0. The zero-order valence-corrected chi connectivity index (χ0v) is 13.7. The molecule has 0 atom stereocenters. The highest BCUT2D eigenvalue weighted by Gasteiger charge is 2.09. The minimum atomic E-state index is -0.0534. The maximum absolute atomic E-state index is 2.35. The predicted octanol–water partition coefficient (Wildman–Crippen LogP) is 4.43. The molecule has 18 heavy (non-hydrogen) atoms. The highest BCUT2D eigenvalue weighted by atomic mass is 28.2. The van der Waals surface area contributed by atoms with E-state index in [0.29, 0.717) is 0 Å². The van der Waals surface area contributed by atoms with Gasteiger partial charge in [-0.05, 0) is 5.54 Å². The van der Waals surface area contributed by atoms with Gasteiger partial charge in [-0.1, -0.05) is 101 Å². The third kappa shape index (κ3) is 7.00. The quantitative estimate of drug-likeness (QED) is 0.432. The predicted molar refractivity (Wildman–Crippen MR) is 86.7 cm³/mol. The van der Waals surface area contributed by atoms with Crippen molar-refractivity contribution in [2.75, 3.05) is 0 Å². The molecule has 0 aromatic heterocycles. The van der Waals surface area contributed by atoms with E-state index in [2.05, 4.69) is 44.2 Å². The van der Waals surface area contributed by atoms with E-state index in [4.69, 9.17) is 0 Å². The van der Waals surface area contributed by atoms with Crippen LogP contribution in [0.2, 0.25) is 5.54 Å². The Morgan fingerprint density at radius 2 is 1.39 bits per heavy atom. The minimum absolute atomic E-state index is 0.0534. The lowest BCUT2D eigenvalue weighted by Gasteiger charge is -2.16. The van der Waals surface area contributed by atoms with Crippen molar-refractivity contribution in [2.45, 2.75) is 70.8 Å². The Morgan fingerprint density at radius 3 is 1.89 bits per heavy atom. The van der Waals surface area contributed by atoms with E-state index in [-0.39, 0.29) is 9.52 Å². The molecule has 1 rings (SSSR count). The number of rotatable bonds is 10. The number of hydrogen-bond acceptors (Lipinski definition) is 0. The van der Waals surface area contributed by atoms with E-state index < -0.39 is 0 Å². The second-order valence-corrected chi connectivity index (χ2v) is 7.93. The van der Waals surface area contributed by atoms with Gasteiger partial charge in [0.05, 0.1) is 9.52 Å². The van der Waals surface area contributed by atoms with Gasteiger partial charge in [0, 0.05) is 0 Å². The van der Waals surface area contributed by atoms with Crippen LogP contribution in [0.25, 0.3) is 0 Å². The van der Waals surface area contributed by atoms with Gasteiger partial charge in [-0.25, -0.2) is 0 Å². The molecule has 0 N–H and O–H groups in total. The lowest BCUT2D eigenvalue weighted by Crippen LogP contribution is -2.19. The van der Waals surface area contributed by atoms with Crippen LogP contribution in [-0.4, -0.2) is 9.52 Å². The Morgan fingerprint density at radius 1 is 0.833 bits per heavy atom. The van der Waals surface area contributed by atoms with Crippen molar-refractivity contribution in [1.82, 2.24) is 0 Å². The Hall–Kier alpha value is -0.563. The maximum atomic E-state index is 2.35. The molecule has 1 aromatic carbocycles. The van der Waals surface area contributed by atoms with Crippen LogP contribution < -0.4 is 5.19 Å². The largest absolute Gasteiger partial charge is 0.0667 e. The van der Waals surface area contributed by atoms with Gasteiger partial charge in [0.15, 0.2) is 0 Å². The number of benzene rings is 1. The first-order valence-electron chi connectivity index (χ1n) is 7.90. The van der Waals surface area contributed by atoms with Crippen molar-refractivity contribution < 1.29 is 0 Å². The van der Waals surface area contributed by atoms with Crippen molar-refractivity contribution in [3.63, 3.8) is 0 Å². The average Bonchev–Trinajstić information content (AvgIpc) is 2.40. The summed E-state index contributed by atoms with van der Waals surface area (Å²) in [5.41, 5.74) is 1.05. The van der Waals surface area contributed by atoms with Gasteiger partial charge in [-0.3, -0.25) is 0 Å². The molecule has 0 aliphatic heterocycles. The fraction of sp³-hybridized carbons (Fsp3) is 0.647. The fourth-order valence-corrected chi connectivity index (χ4v) is 4.86. The monoisotopic (exact) mass is 262 g/mol. The highest BCUT2D eigenvalue weighted by molar-refractivity contribution is 6.54. The molecule has 0 unspecified atom stereocenters. The molecule has 0 radical (unpaired) electrons. The van der Waals surface area contributed by atoms with Crippen LogP contribution in [0.1, 0.15) is 65.2 Å². The molecule has 0 spiro atoms. The molecule has 0 heterocycles. The lowest BCUT2D eigenvalue weighted by molar-refractivity contribution is 0.569. The molecular formula is C17H30Si. The standard InChI is InChI=1S/C17H30Si/c1-3-5-8-12-16(13-9-6-4-2)18-17-14-10-7-11-15-17/h7,10-11,14-16H,3-6,8-9,12-13,18H2,1-2H3. The molecule has 102 valence electrons. The molecule has 0 fully saturated rings. The Kier molecular flexibility index (Phi) is 8.92. The molecule has 1 aromatic rings. The van der Waals surface area contributed by atoms with Crippen LogP contribution in [0.4, 0.5) is 0 Å². The molecule has 0 amide bonds. The Bertz CT molecular complexity index is 271. The van der Waals surface area contributed by atoms with E-state index in [1.54, 1.807) is 5.19 Å². The van der Waals surface area contributed by atoms with Crippen molar-refractivity contribution in [3.05, 3.63) is 30.3 Å². The third-order valence-electron chi connectivity index (χ3n) is 3.80. The normalized spacial score (nSPS) is 11.7. The molecule has 0 saturated heterocycles. The van der Waals surface area contributed by atoms with Gasteiger partial charge < -0.3 is 0 Å². The summed E-state index contributed by atoms with van der Waals surface area (Å²) in [6, 6.07) is 11.2. The third-order valence-corrected chi connectivity index (χ3v) is 6.14. The second-order valence-electron chi connectivity index (χ2n) is 5.55. The first-order valence-corrected chi connectivity index (χ1v) is 9.43. The minimum Gasteiger partial charge on any atom is -0.0667 e. The summed E-state index contributed by atoms with van der Waals surface area (Å²) < 4.78 is 0. The molecule has 0 aliphatic carbocycles. The van der Waals surface area contributed by atoms with Crippen molar-refractivity contribution in [2.24, 2.45) is 0 Å². The Balaban J connectivity index is 2.37. The molecule has 1 heteroatoms. The van der Waals surface area contributed by atoms with Gasteiger partial charge in [0.2, 0.25) is 0 Å². The number of hydrogen-bond donors (Lipinski definition) is 0. The van der Waals surface area contributed by atoms with Crippen LogP contribution in [0.15, 0.2) is 30.3 Å². The summed E-state index contributed by atoms with van der Waals surface area (Å²) in [5, 5.41) is 1.66. The SMILES string of the molecule is CCCCCC(CCCCC)[SiH2]c1ccccc1. The topological polar surface area (TPSA) is 0 Å². The van der Waals surface area contributed by atoms with Crippen molar-refractivity contribution in [1.29, 1.82) is 0 Å². The van der Waals surface area contributed by atoms with E-state index >= 15 is 0 Å². The van der Waals surface area contributed by atoms with Gasteiger partial charge in [-0.15, -0.1) is 0 Å². The zero-order chi connectivity index (χ0) is 13.1. The maximum Gasteiger partial charge on any atom is 0.0578 e. The summed E-state index contributed by atoms with van der Waals surface area (Å²) >= 11 is 0. The lowest BCUT2D eigenvalue weighted by atomic mass is 10.1. The van der Waals surface area contributed by atoms with Gasteiger partial charge in [0.25, 0.3) is 0 Å². The first kappa shape index (κ1) is 15.5. The Labute approximate surface area is 116 Å². The molecular weight excluding hydrogens is 232 g/mol. The van der Waals surface area contributed by atoms with E-state index in [1.165, 1.54) is 51.4 Å². The van der Waals surface area contributed by atoms with Crippen LogP contribution in [0.5, 0.6) is 0 Å². The first-order chi connectivity index (χ1) is 8.86. The van der Waals surface area contributed by atoms with Crippen molar-refractivity contribution >= 4 is 14.7 Å². The summed E-state index contributed by atoms with van der Waals surface area (Å²) in [6.07, 6.45) is 11.4. The van der Waals surface area contributed by atoms with Crippen LogP contribution >= 0.6 is 0 Å². The number of unbranched alkanes of at least 4 members (excludes halogenated alkanes) is 4. The van der Waals surface area contributed by atoms with E-state index in [9.17, 15) is 0 Å². The second kappa shape index (κ2) is 10.4. The molecule has 0 saturated carbocycles. The molecule has 0 nitrogen and oxygen atoms in total. The van der Waals surface area contributed by atoms with Gasteiger partial charge >= 0.3 is 0 Å². The molecule has 0 bridgehead atoms. The van der Waals surface area contributed by atoms with Gasteiger partial charge in [-0.2, -0.15) is 0 Å². The highest BCUT2D eigenvalue weighted by Crippen LogP contribution is 2.21.